The normalized spacial score (nSPS) is 16.5. The molecule has 0 radical (unpaired) electrons. The molecule has 0 spiro atoms. The highest BCUT2D eigenvalue weighted by Gasteiger charge is 2.22. The van der Waals surface area contributed by atoms with Crippen molar-refractivity contribution >= 4 is 10.0 Å². The first-order valence-electron chi connectivity index (χ1n) is 4.98. The number of nitriles is 1. The van der Waals surface area contributed by atoms with E-state index < -0.39 is 10.0 Å². The summed E-state index contributed by atoms with van der Waals surface area (Å²) in [7, 11) is -3.12. The SMILES string of the molecule is CS(=O)(=O)N1CCc2cc(C#N)ccc2C1. The minimum absolute atomic E-state index is 0.417. The molecule has 1 aliphatic heterocycles. The van der Waals surface area contributed by atoms with E-state index in [1.165, 1.54) is 10.6 Å². The fourth-order valence-corrected chi connectivity index (χ4v) is 2.68. The molecule has 0 fully saturated rings. The largest absolute Gasteiger partial charge is 0.212 e. The van der Waals surface area contributed by atoms with Gasteiger partial charge in [0.25, 0.3) is 0 Å². The van der Waals surface area contributed by atoms with Crippen LogP contribution in [0.4, 0.5) is 0 Å². The van der Waals surface area contributed by atoms with Crippen molar-refractivity contribution in [3.63, 3.8) is 0 Å². The summed E-state index contributed by atoms with van der Waals surface area (Å²) in [5.74, 6) is 0. The summed E-state index contributed by atoms with van der Waals surface area (Å²) < 4.78 is 24.2. The Kier molecular flexibility index (Phi) is 2.70. The predicted octanol–water partition coefficient (Wildman–Crippen LogP) is 0.876. The second-order valence-corrected chi connectivity index (χ2v) is 5.92. The van der Waals surface area contributed by atoms with Crippen molar-refractivity contribution in [1.82, 2.24) is 4.31 Å². The number of hydrogen-bond acceptors (Lipinski definition) is 3. The average molecular weight is 236 g/mol. The van der Waals surface area contributed by atoms with Crippen LogP contribution in [0.15, 0.2) is 18.2 Å². The van der Waals surface area contributed by atoms with Crippen LogP contribution >= 0.6 is 0 Å². The summed E-state index contributed by atoms with van der Waals surface area (Å²) >= 11 is 0. The zero-order valence-electron chi connectivity index (χ0n) is 8.97. The van der Waals surface area contributed by atoms with E-state index in [1.807, 2.05) is 12.1 Å². The van der Waals surface area contributed by atoms with Crippen LogP contribution in [0.5, 0.6) is 0 Å². The highest BCUT2D eigenvalue weighted by Crippen LogP contribution is 2.21. The van der Waals surface area contributed by atoms with E-state index in [2.05, 4.69) is 6.07 Å². The topological polar surface area (TPSA) is 61.2 Å². The molecule has 84 valence electrons. The van der Waals surface area contributed by atoms with E-state index in [0.717, 1.165) is 11.1 Å². The van der Waals surface area contributed by atoms with Crippen LogP contribution < -0.4 is 0 Å². The van der Waals surface area contributed by atoms with Gasteiger partial charge in [-0.05, 0) is 29.7 Å². The van der Waals surface area contributed by atoms with Gasteiger partial charge >= 0.3 is 0 Å². The average Bonchev–Trinajstić information content (AvgIpc) is 2.26. The fourth-order valence-electron chi connectivity index (χ4n) is 1.88. The van der Waals surface area contributed by atoms with Crippen molar-refractivity contribution in [2.24, 2.45) is 0 Å². The number of nitrogens with zero attached hydrogens (tertiary/aromatic N) is 2. The van der Waals surface area contributed by atoms with Crippen molar-refractivity contribution in [1.29, 1.82) is 5.26 Å². The lowest BCUT2D eigenvalue weighted by atomic mass is 9.99. The highest BCUT2D eigenvalue weighted by molar-refractivity contribution is 7.88. The molecule has 0 saturated carbocycles. The van der Waals surface area contributed by atoms with Crippen molar-refractivity contribution in [3.8, 4) is 6.07 Å². The molecule has 0 unspecified atom stereocenters. The third-order valence-corrected chi connectivity index (χ3v) is 4.03. The van der Waals surface area contributed by atoms with Crippen LogP contribution in [0.25, 0.3) is 0 Å². The van der Waals surface area contributed by atoms with Gasteiger partial charge in [0.05, 0.1) is 17.9 Å². The van der Waals surface area contributed by atoms with Crippen molar-refractivity contribution in [2.75, 3.05) is 12.8 Å². The Labute approximate surface area is 95.2 Å². The van der Waals surface area contributed by atoms with Gasteiger partial charge in [-0.2, -0.15) is 9.57 Å². The Morgan fingerprint density at radius 2 is 2.12 bits per heavy atom. The van der Waals surface area contributed by atoms with Crippen LogP contribution in [0.2, 0.25) is 0 Å². The molecule has 1 heterocycles. The molecular weight excluding hydrogens is 224 g/mol. The summed E-state index contributed by atoms with van der Waals surface area (Å²) in [5, 5.41) is 8.76. The van der Waals surface area contributed by atoms with Crippen molar-refractivity contribution in [3.05, 3.63) is 34.9 Å². The second kappa shape index (κ2) is 3.89. The number of benzene rings is 1. The van der Waals surface area contributed by atoms with Crippen LogP contribution in [-0.4, -0.2) is 25.5 Å². The first-order valence-corrected chi connectivity index (χ1v) is 6.82. The minimum atomic E-state index is -3.12. The molecule has 0 bridgehead atoms. The van der Waals surface area contributed by atoms with E-state index in [1.54, 1.807) is 6.07 Å². The summed E-state index contributed by atoms with van der Waals surface area (Å²) in [6, 6.07) is 7.49. The number of sulfonamides is 1. The van der Waals surface area contributed by atoms with Crippen LogP contribution in [0.1, 0.15) is 16.7 Å². The van der Waals surface area contributed by atoms with Gasteiger partial charge in [-0.3, -0.25) is 0 Å². The lowest BCUT2D eigenvalue weighted by molar-refractivity contribution is 0.395. The third kappa shape index (κ3) is 2.08. The Morgan fingerprint density at radius 1 is 1.38 bits per heavy atom. The Balaban J connectivity index is 2.33. The van der Waals surface area contributed by atoms with E-state index in [-0.39, 0.29) is 0 Å². The third-order valence-electron chi connectivity index (χ3n) is 2.78. The summed E-state index contributed by atoms with van der Waals surface area (Å²) in [6.07, 6.45) is 1.90. The molecule has 0 atom stereocenters. The van der Waals surface area contributed by atoms with Crippen molar-refractivity contribution < 1.29 is 8.42 Å². The molecule has 0 aromatic heterocycles. The molecule has 0 N–H and O–H groups in total. The van der Waals surface area contributed by atoms with Crippen LogP contribution in [0, 0.1) is 11.3 Å². The van der Waals surface area contributed by atoms with Crippen molar-refractivity contribution in [2.45, 2.75) is 13.0 Å². The molecule has 1 aromatic carbocycles. The number of hydrogen-bond donors (Lipinski definition) is 0. The second-order valence-electron chi connectivity index (χ2n) is 3.94. The zero-order valence-corrected chi connectivity index (χ0v) is 9.79. The van der Waals surface area contributed by atoms with Crippen LogP contribution in [-0.2, 0) is 23.0 Å². The summed E-state index contributed by atoms with van der Waals surface area (Å²) in [4.78, 5) is 0. The van der Waals surface area contributed by atoms with Gasteiger partial charge < -0.3 is 0 Å². The molecule has 4 nitrogen and oxygen atoms in total. The molecule has 1 aromatic rings. The summed E-state index contributed by atoms with van der Waals surface area (Å²) in [6.45, 7) is 0.917. The highest BCUT2D eigenvalue weighted by atomic mass is 32.2. The predicted molar refractivity (Wildman–Crippen MR) is 60.1 cm³/mol. The summed E-state index contributed by atoms with van der Waals surface area (Å²) in [5.41, 5.74) is 2.71. The van der Waals surface area contributed by atoms with Gasteiger partial charge in [0.2, 0.25) is 10.0 Å². The lowest BCUT2D eigenvalue weighted by Gasteiger charge is -2.26. The number of rotatable bonds is 1. The van der Waals surface area contributed by atoms with E-state index in [4.69, 9.17) is 5.26 Å². The fraction of sp³-hybridized carbons (Fsp3) is 0.364. The molecule has 0 saturated heterocycles. The van der Waals surface area contributed by atoms with Gasteiger partial charge in [-0.15, -0.1) is 0 Å². The maximum Gasteiger partial charge on any atom is 0.211 e. The zero-order chi connectivity index (χ0) is 11.8. The van der Waals surface area contributed by atoms with Gasteiger partial charge in [0.15, 0.2) is 0 Å². The molecule has 2 rings (SSSR count). The minimum Gasteiger partial charge on any atom is -0.212 e. The molecule has 0 aliphatic carbocycles. The van der Waals surface area contributed by atoms with Gasteiger partial charge in [-0.1, -0.05) is 6.07 Å². The van der Waals surface area contributed by atoms with E-state index in [0.29, 0.717) is 25.1 Å². The van der Waals surface area contributed by atoms with Gasteiger partial charge in [0.1, 0.15) is 0 Å². The van der Waals surface area contributed by atoms with Gasteiger partial charge in [0, 0.05) is 13.1 Å². The maximum atomic E-state index is 11.4. The maximum absolute atomic E-state index is 11.4. The van der Waals surface area contributed by atoms with Crippen LogP contribution in [0.3, 0.4) is 0 Å². The Hall–Kier alpha value is -1.38. The smallest absolute Gasteiger partial charge is 0.211 e. The first-order chi connectivity index (χ1) is 7.50. The van der Waals surface area contributed by atoms with Gasteiger partial charge in [-0.25, -0.2) is 8.42 Å². The lowest BCUT2D eigenvalue weighted by Crippen LogP contribution is -2.35. The standard InChI is InChI=1S/C11H12N2O2S/c1-16(14,15)13-5-4-10-6-9(7-12)2-3-11(10)8-13/h2-3,6H,4-5,8H2,1H3. The first kappa shape index (κ1) is 11.1. The quantitative estimate of drug-likeness (QED) is 0.727. The molecule has 16 heavy (non-hydrogen) atoms. The number of fused-ring (bicyclic) bond motifs is 1. The van der Waals surface area contributed by atoms with E-state index in [9.17, 15) is 8.42 Å². The van der Waals surface area contributed by atoms with E-state index >= 15 is 0 Å². The molecule has 1 aliphatic rings. The molecule has 5 heteroatoms. The Morgan fingerprint density at radius 3 is 2.75 bits per heavy atom. The molecular formula is C11H12N2O2S. The monoisotopic (exact) mass is 236 g/mol. The Bertz CT molecular complexity index is 558. The molecule has 0 amide bonds.